The third-order valence-corrected chi connectivity index (χ3v) is 3.62. The highest BCUT2D eigenvalue weighted by atomic mass is 79.9. The summed E-state index contributed by atoms with van der Waals surface area (Å²) in [5, 5.41) is 3.09. The van der Waals surface area contributed by atoms with Gasteiger partial charge >= 0.3 is 0 Å². The van der Waals surface area contributed by atoms with Crippen LogP contribution in [0.5, 0.6) is 0 Å². The van der Waals surface area contributed by atoms with Crippen LogP contribution in [0.1, 0.15) is 5.56 Å². The minimum Gasteiger partial charge on any atom is -0.398 e. The number of nitrogen functional groups attached to an aromatic ring is 1. The predicted octanol–water partition coefficient (Wildman–Crippen LogP) is 3.26. The Morgan fingerprint density at radius 2 is 2.16 bits per heavy atom. The summed E-state index contributed by atoms with van der Waals surface area (Å²) >= 11 is 9.03. The number of halogens is 2. The maximum absolute atomic E-state index is 11.9. The Kier molecular flexibility index (Phi) is 4.39. The molecule has 2 aromatic rings. The third-order valence-electron chi connectivity index (χ3n) is 2.49. The first-order valence-electron chi connectivity index (χ1n) is 5.50. The van der Waals surface area contributed by atoms with E-state index < -0.39 is 0 Å². The number of nitrogens with one attached hydrogen (secondary N) is 1. The van der Waals surface area contributed by atoms with Gasteiger partial charge in [0.1, 0.15) is 5.15 Å². The number of anilines is 2. The number of carbonyl (C=O) groups is 1. The molecule has 1 amide bonds. The van der Waals surface area contributed by atoms with Gasteiger partial charge in [0.15, 0.2) is 0 Å². The molecule has 0 atom stereocenters. The Labute approximate surface area is 124 Å². The number of nitrogens with zero attached hydrogens (tertiary/aromatic N) is 1. The van der Waals surface area contributed by atoms with Crippen molar-refractivity contribution < 1.29 is 4.79 Å². The summed E-state index contributed by atoms with van der Waals surface area (Å²) in [6.45, 7) is 0. The molecule has 0 aliphatic heterocycles. The standard InChI is InChI=1S/C13H11BrClN3O/c14-10-6-9(7-17-13(10)15)18-12(19)5-8-3-1-2-4-11(8)16/h1-4,6-7H,5,16H2,(H,18,19). The maximum atomic E-state index is 11.9. The molecule has 1 aromatic heterocycles. The van der Waals surface area contributed by atoms with Crippen molar-refractivity contribution in [1.29, 1.82) is 0 Å². The highest BCUT2D eigenvalue weighted by Crippen LogP contribution is 2.23. The molecule has 2 rings (SSSR count). The van der Waals surface area contributed by atoms with E-state index >= 15 is 0 Å². The van der Waals surface area contributed by atoms with Crippen molar-refractivity contribution in [3.05, 3.63) is 51.7 Å². The number of rotatable bonds is 3. The van der Waals surface area contributed by atoms with Crippen LogP contribution in [0.3, 0.4) is 0 Å². The van der Waals surface area contributed by atoms with Crippen LogP contribution in [0, 0.1) is 0 Å². The number of pyridine rings is 1. The van der Waals surface area contributed by atoms with Crippen molar-refractivity contribution in [2.24, 2.45) is 0 Å². The van der Waals surface area contributed by atoms with Gasteiger partial charge in [-0.25, -0.2) is 4.98 Å². The molecular weight excluding hydrogens is 330 g/mol. The van der Waals surface area contributed by atoms with Gasteiger partial charge in [-0.1, -0.05) is 29.8 Å². The van der Waals surface area contributed by atoms with E-state index in [1.807, 2.05) is 18.2 Å². The van der Waals surface area contributed by atoms with Crippen LogP contribution < -0.4 is 11.1 Å². The van der Waals surface area contributed by atoms with Gasteiger partial charge in [0.2, 0.25) is 5.91 Å². The Bertz CT molecular complexity index is 619. The molecule has 0 aliphatic rings. The van der Waals surface area contributed by atoms with Gasteiger partial charge in [0.25, 0.3) is 0 Å². The third kappa shape index (κ3) is 3.68. The molecule has 1 aromatic carbocycles. The molecular formula is C13H11BrClN3O. The van der Waals surface area contributed by atoms with Crippen molar-refractivity contribution in [2.45, 2.75) is 6.42 Å². The van der Waals surface area contributed by atoms with E-state index in [-0.39, 0.29) is 12.3 Å². The van der Waals surface area contributed by atoms with E-state index in [2.05, 4.69) is 26.2 Å². The number of benzene rings is 1. The maximum Gasteiger partial charge on any atom is 0.228 e. The molecule has 3 N–H and O–H groups in total. The fraction of sp³-hybridized carbons (Fsp3) is 0.0769. The van der Waals surface area contributed by atoms with Crippen molar-refractivity contribution in [2.75, 3.05) is 11.1 Å². The van der Waals surface area contributed by atoms with E-state index in [4.69, 9.17) is 17.3 Å². The zero-order chi connectivity index (χ0) is 13.8. The summed E-state index contributed by atoms with van der Waals surface area (Å²) < 4.78 is 0.631. The largest absolute Gasteiger partial charge is 0.398 e. The minimum atomic E-state index is -0.158. The summed E-state index contributed by atoms with van der Waals surface area (Å²) in [5.41, 5.74) is 7.77. The average Bonchev–Trinajstić information content (AvgIpc) is 2.37. The van der Waals surface area contributed by atoms with E-state index in [9.17, 15) is 4.79 Å². The van der Waals surface area contributed by atoms with Crippen LogP contribution in [-0.2, 0) is 11.2 Å². The molecule has 0 saturated carbocycles. The number of carbonyl (C=O) groups excluding carboxylic acids is 1. The van der Waals surface area contributed by atoms with Gasteiger partial charge in [-0.3, -0.25) is 4.79 Å². The SMILES string of the molecule is Nc1ccccc1CC(=O)Nc1cnc(Cl)c(Br)c1. The monoisotopic (exact) mass is 339 g/mol. The fourth-order valence-electron chi connectivity index (χ4n) is 1.56. The summed E-state index contributed by atoms with van der Waals surface area (Å²) in [7, 11) is 0. The zero-order valence-electron chi connectivity index (χ0n) is 9.86. The number of para-hydroxylation sites is 1. The van der Waals surface area contributed by atoms with E-state index in [1.165, 1.54) is 6.20 Å². The van der Waals surface area contributed by atoms with Gasteiger partial charge in [0.05, 0.1) is 22.8 Å². The van der Waals surface area contributed by atoms with Gasteiger partial charge < -0.3 is 11.1 Å². The molecule has 0 fully saturated rings. The molecule has 4 nitrogen and oxygen atoms in total. The molecule has 19 heavy (non-hydrogen) atoms. The minimum absolute atomic E-state index is 0.158. The van der Waals surface area contributed by atoms with E-state index in [1.54, 1.807) is 12.1 Å². The molecule has 0 saturated heterocycles. The van der Waals surface area contributed by atoms with E-state index in [0.29, 0.717) is 21.0 Å². The highest BCUT2D eigenvalue weighted by Gasteiger charge is 2.08. The van der Waals surface area contributed by atoms with Crippen molar-refractivity contribution in [1.82, 2.24) is 4.98 Å². The smallest absolute Gasteiger partial charge is 0.228 e. The number of hydrogen-bond donors (Lipinski definition) is 2. The predicted molar refractivity (Wildman–Crippen MR) is 80.1 cm³/mol. The lowest BCUT2D eigenvalue weighted by molar-refractivity contribution is -0.115. The molecule has 0 bridgehead atoms. The van der Waals surface area contributed by atoms with Crippen molar-refractivity contribution in [3.63, 3.8) is 0 Å². The average molecular weight is 341 g/mol. The summed E-state index contributed by atoms with van der Waals surface area (Å²) in [6.07, 6.45) is 1.71. The fourth-order valence-corrected chi connectivity index (χ4v) is 2.02. The molecule has 98 valence electrons. The lowest BCUT2D eigenvalue weighted by Crippen LogP contribution is -2.15. The van der Waals surface area contributed by atoms with Gasteiger partial charge in [-0.2, -0.15) is 0 Å². The zero-order valence-corrected chi connectivity index (χ0v) is 12.2. The number of nitrogens with two attached hydrogens (primary N) is 1. The Morgan fingerprint density at radius 3 is 2.84 bits per heavy atom. The first kappa shape index (κ1) is 13.8. The van der Waals surface area contributed by atoms with Crippen LogP contribution in [0.25, 0.3) is 0 Å². The van der Waals surface area contributed by atoms with Gasteiger partial charge in [0, 0.05) is 5.69 Å². The topological polar surface area (TPSA) is 68.0 Å². The second kappa shape index (κ2) is 6.04. The Morgan fingerprint density at radius 1 is 1.42 bits per heavy atom. The molecule has 0 unspecified atom stereocenters. The number of aromatic nitrogens is 1. The first-order valence-corrected chi connectivity index (χ1v) is 6.67. The van der Waals surface area contributed by atoms with Crippen LogP contribution in [-0.4, -0.2) is 10.9 Å². The molecule has 0 spiro atoms. The second-order valence-electron chi connectivity index (χ2n) is 3.92. The van der Waals surface area contributed by atoms with Crippen LogP contribution in [0.15, 0.2) is 41.0 Å². The highest BCUT2D eigenvalue weighted by molar-refractivity contribution is 9.10. The van der Waals surface area contributed by atoms with Crippen LogP contribution in [0.2, 0.25) is 5.15 Å². The number of hydrogen-bond acceptors (Lipinski definition) is 3. The quantitative estimate of drug-likeness (QED) is 0.665. The normalized spacial score (nSPS) is 10.2. The lowest BCUT2D eigenvalue weighted by Gasteiger charge is -2.07. The molecule has 0 aliphatic carbocycles. The molecule has 1 heterocycles. The number of amides is 1. The van der Waals surface area contributed by atoms with Crippen LogP contribution in [0.4, 0.5) is 11.4 Å². The lowest BCUT2D eigenvalue weighted by atomic mass is 10.1. The summed E-state index contributed by atoms with van der Waals surface area (Å²) in [5.74, 6) is -0.158. The Hall–Kier alpha value is -1.59. The summed E-state index contributed by atoms with van der Waals surface area (Å²) in [4.78, 5) is 15.8. The van der Waals surface area contributed by atoms with Gasteiger partial charge in [-0.15, -0.1) is 0 Å². The Balaban J connectivity index is 2.05. The molecule has 0 radical (unpaired) electrons. The van der Waals surface area contributed by atoms with E-state index in [0.717, 1.165) is 5.56 Å². The van der Waals surface area contributed by atoms with Gasteiger partial charge in [-0.05, 0) is 33.6 Å². The van der Waals surface area contributed by atoms with Crippen molar-refractivity contribution in [3.8, 4) is 0 Å². The van der Waals surface area contributed by atoms with Crippen molar-refractivity contribution >= 4 is 44.8 Å². The summed E-state index contributed by atoms with van der Waals surface area (Å²) in [6, 6.07) is 8.96. The second-order valence-corrected chi connectivity index (χ2v) is 5.13. The first-order chi connectivity index (χ1) is 9.06. The molecule has 6 heteroatoms. The van der Waals surface area contributed by atoms with Crippen LogP contribution >= 0.6 is 27.5 Å².